The summed E-state index contributed by atoms with van der Waals surface area (Å²) in [5, 5.41) is 0.609. The van der Waals surface area contributed by atoms with Crippen LogP contribution < -0.4 is 9.47 Å². The Kier molecular flexibility index (Phi) is 2.22. The Morgan fingerprint density at radius 1 is 1.38 bits per heavy atom. The summed E-state index contributed by atoms with van der Waals surface area (Å²) in [5.41, 5.74) is 0.595. The van der Waals surface area contributed by atoms with Crippen molar-refractivity contribution in [2.75, 3.05) is 5.33 Å². The first-order valence-electron chi connectivity index (χ1n) is 3.82. The summed E-state index contributed by atoms with van der Waals surface area (Å²) in [5.74, 6) is 1.32. The number of alkyl halides is 1. The molecule has 0 saturated heterocycles. The van der Waals surface area contributed by atoms with Gasteiger partial charge in [-0.2, -0.15) is 0 Å². The maximum atomic E-state index is 10.5. The van der Waals surface area contributed by atoms with Crippen LogP contribution in [0.4, 0.5) is 0 Å². The van der Waals surface area contributed by atoms with Gasteiger partial charge in [0.05, 0.1) is 5.33 Å². The number of hydrogen-bond acceptors (Lipinski definition) is 3. The highest BCUT2D eigenvalue weighted by Gasteiger charge is 2.22. The molecule has 0 saturated carbocycles. The smallest absolute Gasteiger partial charge is 0.251 e. The minimum absolute atomic E-state index is 0.281. The van der Waals surface area contributed by atoms with Crippen molar-refractivity contribution in [1.29, 1.82) is 0 Å². The third-order valence-electron chi connectivity index (χ3n) is 1.75. The summed E-state index contributed by atoms with van der Waals surface area (Å²) >= 11 is 3.25. The van der Waals surface area contributed by atoms with Gasteiger partial charge in [0, 0.05) is 5.56 Å². The molecule has 0 N–H and O–H groups in total. The van der Waals surface area contributed by atoms with Gasteiger partial charge in [-0.1, -0.05) is 15.9 Å². The van der Waals surface area contributed by atoms with E-state index in [1.165, 1.54) is 0 Å². The lowest BCUT2D eigenvalue weighted by molar-refractivity contribution is 0.0734. The molecule has 1 aliphatic rings. The second-order valence-corrected chi connectivity index (χ2v) is 3.29. The number of carbonyl (C=O) groups is 1. The normalized spacial score (nSPS) is 18.7. The summed E-state index contributed by atoms with van der Waals surface area (Å²) in [6.07, 6.45) is 0.502. The van der Waals surface area contributed by atoms with Crippen molar-refractivity contribution in [1.82, 2.24) is 0 Å². The maximum Gasteiger partial charge on any atom is 0.251 e. The fraction of sp³-hybridized carbons (Fsp3) is 0.222. The first-order chi connectivity index (χ1) is 6.33. The predicted octanol–water partition coefficient (Wildman–Crippen LogP) is 1.99. The van der Waals surface area contributed by atoms with Crippen LogP contribution in [0.25, 0.3) is 0 Å². The highest BCUT2D eigenvalue weighted by molar-refractivity contribution is 9.09. The SMILES string of the molecule is O=Cc1ccc2c(c1)OC(CBr)O2. The number of halogens is 1. The molecule has 3 nitrogen and oxygen atoms in total. The third kappa shape index (κ3) is 1.54. The number of hydrogen-bond donors (Lipinski definition) is 0. The molecule has 13 heavy (non-hydrogen) atoms. The van der Waals surface area contributed by atoms with Crippen LogP contribution in [0.15, 0.2) is 18.2 Å². The molecule has 0 spiro atoms. The zero-order valence-corrected chi connectivity index (χ0v) is 8.28. The molecule has 0 amide bonds. The third-order valence-corrected chi connectivity index (χ3v) is 2.28. The lowest BCUT2D eigenvalue weighted by Gasteiger charge is -2.03. The average molecular weight is 243 g/mol. The van der Waals surface area contributed by atoms with Crippen molar-refractivity contribution in [3.8, 4) is 11.5 Å². The largest absolute Gasteiger partial charge is 0.450 e. The standard InChI is InChI=1S/C9H7BrO3/c10-4-9-12-7-2-1-6(5-11)3-8(7)13-9/h1-3,5,9H,4H2. The Hall–Kier alpha value is -1.03. The summed E-state index contributed by atoms with van der Waals surface area (Å²) < 4.78 is 10.7. The Bertz CT molecular complexity index is 338. The molecule has 1 aliphatic heterocycles. The van der Waals surface area contributed by atoms with E-state index in [1.54, 1.807) is 18.2 Å². The van der Waals surface area contributed by atoms with Crippen molar-refractivity contribution in [3.63, 3.8) is 0 Å². The van der Waals surface area contributed by atoms with Gasteiger partial charge in [-0.3, -0.25) is 4.79 Å². The van der Waals surface area contributed by atoms with Crippen molar-refractivity contribution in [2.45, 2.75) is 6.29 Å². The van der Waals surface area contributed by atoms with Crippen LogP contribution in [0.5, 0.6) is 11.5 Å². The molecule has 0 aromatic heterocycles. The van der Waals surface area contributed by atoms with Crippen LogP contribution in [0, 0.1) is 0 Å². The second kappa shape index (κ2) is 3.38. The van der Waals surface area contributed by atoms with Gasteiger partial charge >= 0.3 is 0 Å². The zero-order chi connectivity index (χ0) is 9.26. The van der Waals surface area contributed by atoms with Crippen LogP contribution in [-0.4, -0.2) is 17.9 Å². The second-order valence-electron chi connectivity index (χ2n) is 2.64. The number of carbonyl (C=O) groups excluding carboxylic acids is 1. The first kappa shape index (κ1) is 8.56. The Balaban J connectivity index is 2.30. The highest BCUT2D eigenvalue weighted by atomic mass is 79.9. The summed E-state index contributed by atoms with van der Waals surface area (Å²) in [6, 6.07) is 5.11. The van der Waals surface area contributed by atoms with Gasteiger partial charge in [-0.15, -0.1) is 0 Å². The minimum Gasteiger partial charge on any atom is -0.450 e. The molecule has 1 unspecified atom stereocenters. The number of ether oxygens (including phenoxy) is 2. The van der Waals surface area contributed by atoms with Crippen molar-refractivity contribution in [2.24, 2.45) is 0 Å². The van der Waals surface area contributed by atoms with Crippen LogP contribution in [-0.2, 0) is 0 Å². The quantitative estimate of drug-likeness (QED) is 0.588. The highest BCUT2D eigenvalue weighted by Crippen LogP contribution is 2.35. The van der Waals surface area contributed by atoms with Gasteiger partial charge in [0.1, 0.15) is 6.29 Å². The van der Waals surface area contributed by atoms with Gasteiger partial charge in [0.15, 0.2) is 11.5 Å². The molecule has 0 aliphatic carbocycles. The molecular formula is C9H7BrO3. The fourth-order valence-corrected chi connectivity index (χ4v) is 1.42. The molecule has 0 fully saturated rings. The van der Waals surface area contributed by atoms with E-state index in [9.17, 15) is 4.79 Å². The number of benzene rings is 1. The maximum absolute atomic E-state index is 10.5. The van der Waals surface area contributed by atoms with Gasteiger partial charge in [0.2, 0.25) is 0 Å². The van der Waals surface area contributed by atoms with E-state index in [4.69, 9.17) is 9.47 Å². The molecule has 2 rings (SSSR count). The predicted molar refractivity (Wildman–Crippen MR) is 50.7 cm³/mol. The summed E-state index contributed by atoms with van der Waals surface area (Å²) in [6.45, 7) is 0. The van der Waals surface area contributed by atoms with E-state index in [0.717, 1.165) is 6.29 Å². The number of fused-ring (bicyclic) bond motifs is 1. The molecule has 1 aromatic carbocycles. The van der Waals surface area contributed by atoms with E-state index in [1.807, 2.05) is 0 Å². The molecule has 4 heteroatoms. The molecule has 1 aromatic rings. The molecule has 1 atom stereocenters. The van der Waals surface area contributed by atoms with E-state index < -0.39 is 0 Å². The number of rotatable bonds is 2. The van der Waals surface area contributed by atoms with Gasteiger partial charge in [0.25, 0.3) is 6.29 Å². The number of aldehydes is 1. The van der Waals surface area contributed by atoms with Gasteiger partial charge in [-0.25, -0.2) is 0 Å². The first-order valence-corrected chi connectivity index (χ1v) is 4.94. The average Bonchev–Trinajstić information content (AvgIpc) is 2.58. The monoisotopic (exact) mass is 242 g/mol. The molecule has 0 radical (unpaired) electrons. The van der Waals surface area contributed by atoms with Crippen LogP contribution >= 0.6 is 15.9 Å². The van der Waals surface area contributed by atoms with Gasteiger partial charge < -0.3 is 9.47 Å². The van der Waals surface area contributed by atoms with Crippen LogP contribution in [0.1, 0.15) is 10.4 Å². The van der Waals surface area contributed by atoms with Crippen LogP contribution in [0.2, 0.25) is 0 Å². The lowest BCUT2D eigenvalue weighted by Crippen LogP contribution is -2.18. The fourth-order valence-electron chi connectivity index (χ4n) is 1.16. The van der Waals surface area contributed by atoms with Gasteiger partial charge in [-0.05, 0) is 18.2 Å². The summed E-state index contributed by atoms with van der Waals surface area (Å²) in [4.78, 5) is 10.5. The molecule has 68 valence electrons. The minimum atomic E-state index is -0.281. The van der Waals surface area contributed by atoms with E-state index in [2.05, 4.69) is 15.9 Å². The topological polar surface area (TPSA) is 35.5 Å². The summed E-state index contributed by atoms with van der Waals surface area (Å²) in [7, 11) is 0. The van der Waals surface area contributed by atoms with E-state index in [-0.39, 0.29) is 6.29 Å². The van der Waals surface area contributed by atoms with Crippen molar-refractivity contribution >= 4 is 22.2 Å². The Morgan fingerprint density at radius 2 is 2.15 bits per heavy atom. The van der Waals surface area contributed by atoms with Crippen molar-refractivity contribution < 1.29 is 14.3 Å². The lowest BCUT2D eigenvalue weighted by atomic mass is 10.2. The van der Waals surface area contributed by atoms with E-state index in [0.29, 0.717) is 22.4 Å². The van der Waals surface area contributed by atoms with Crippen molar-refractivity contribution in [3.05, 3.63) is 23.8 Å². The molecule has 0 bridgehead atoms. The Morgan fingerprint density at radius 3 is 2.85 bits per heavy atom. The Labute approximate surface area is 83.8 Å². The zero-order valence-electron chi connectivity index (χ0n) is 6.70. The molecule has 1 heterocycles. The van der Waals surface area contributed by atoms with Crippen LogP contribution in [0.3, 0.4) is 0 Å². The molecular weight excluding hydrogens is 236 g/mol. The van der Waals surface area contributed by atoms with E-state index >= 15 is 0 Å².